The third-order valence-electron chi connectivity index (χ3n) is 11.1. The predicted molar refractivity (Wildman–Crippen MR) is 216 cm³/mol. The zero-order valence-electron chi connectivity index (χ0n) is 36.6. The van der Waals surface area contributed by atoms with Gasteiger partial charge in [0.1, 0.15) is 11.7 Å². The minimum absolute atomic E-state index is 0.211. The number of pyridine rings is 1. The number of hydrogen-bond acceptors (Lipinski definition) is 2. The van der Waals surface area contributed by atoms with Crippen molar-refractivity contribution in [3.8, 4) is 0 Å². The van der Waals surface area contributed by atoms with Crippen molar-refractivity contribution >= 4 is 39.9 Å². The van der Waals surface area contributed by atoms with Gasteiger partial charge < -0.3 is 10.2 Å². The fraction of sp³-hybridized carbons (Fsp3) is 0.196. The van der Waals surface area contributed by atoms with Gasteiger partial charge in [-0.25, -0.2) is 9.59 Å². The first kappa shape index (κ1) is 59.5. The maximum absolute atomic E-state index is 14.2. The van der Waals surface area contributed by atoms with E-state index in [-0.39, 0.29) is 11.1 Å². The largest absolute Gasteiger partial charge is 0.478 e. The number of carboxylic acid groups (broad SMARTS) is 2. The van der Waals surface area contributed by atoms with Crippen LogP contribution in [0, 0.1) is 0 Å². The molecule has 0 saturated heterocycles. The first-order chi connectivity index (χ1) is 34.3. The van der Waals surface area contributed by atoms with Crippen LogP contribution in [-0.2, 0) is 56.0 Å². The maximum atomic E-state index is 14.2. The van der Waals surface area contributed by atoms with Crippen molar-refractivity contribution in [2.24, 2.45) is 0 Å². The molecule has 76 heavy (non-hydrogen) atoms. The number of nitrogens with zero attached hydrogens (tertiary/aromatic N) is 1. The molecular weight excluding hydrogens is 1100 g/mol. The van der Waals surface area contributed by atoms with E-state index in [0.29, 0.717) is 6.54 Å². The molecule has 5 nitrogen and oxygen atoms in total. The number of carboxylic acids is 2. The SMILES string of the molecule is FC(F)(F)c1cc([B-](c2cc(C(F)(F)F)cc(C(F)(F)F)c2)(c2cc(C(F)(F)F)cc(C(F)(F)F)c2)c2cc(C(F)(F)F)cc(C(F)(F)F)c2)cc(C(F)(F)F)c1.O=C(O)c1cc[n+](Cc2ccccc2)cc1C(=O)O. The van der Waals surface area contributed by atoms with E-state index in [9.17, 15) is 115 Å². The first-order valence-electron chi connectivity index (χ1n) is 20.2. The van der Waals surface area contributed by atoms with E-state index in [0.717, 1.165) is 5.56 Å². The lowest BCUT2D eigenvalue weighted by atomic mass is 9.12. The van der Waals surface area contributed by atoms with Gasteiger partial charge >= 0.3 is 61.3 Å². The smallest absolute Gasteiger partial charge is 0.416 e. The maximum Gasteiger partial charge on any atom is 0.416 e. The highest BCUT2D eigenvalue weighted by molar-refractivity contribution is 7.20. The molecule has 0 spiro atoms. The molecule has 0 saturated carbocycles. The van der Waals surface area contributed by atoms with Crippen LogP contribution in [0.3, 0.4) is 0 Å². The first-order valence-corrected chi connectivity index (χ1v) is 20.2. The van der Waals surface area contributed by atoms with E-state index < -0.39 is 207 Å². The Bertz CT molecular complexity index is 2690. The lowest BCUT2D eigenvalue weighted by Gasteiger charge is -2.46. The van der Waals surface area contributed by atoms with Crippen LogP contribution in [0.15, 0.2) is 122 Å². The Morgan fingerprint density at radius 2 is 0.592 bits per heavy atom. The molecule has 0 unspecified atom stereocenters. The Hall–Kier alpha value is -7.43. The summed E-state index contributed by atoms with van der Waals surface area (Å²) in [5.74, 6) is -2.50. The van der Waals surface area contributed by atoms with E-state index in [1.165, 1.54) is 12.3 Å². The van der Waals surface area contributed by atoms with Crippen molar-refractivity contribution in [3.63, 3.8) is 0 Å². The lowest BCUT2D eigenvalue weighted by molar-refractivity contribution is -0.688. The second kappa shape index (κ2) is 20.3. The summed E-state index contributed by atoms with van der Waals surface area (Å²) >= 11 is 0. The number of aromatic nitrogens is 1. The number of benzene rings is 5. The molecule has 2 N–H and O–H groups in total. The molecule has 1 aromatic heterocycles. The Balaban J connectivity index is 0.000000468. The van der Waals surface area contributed by atoms with Gasteiger partial charge in [-0.3, -0.25) is 0 Å². The van der Waals surface area contributed by atoms with Gasteiger partial charge in [0.15, 0.2) is 18.9 Å². The van der Waals surface area contributed by atoms with Crippen molar-refractivity contribution in [1.29, 1.82) is 0 Å². The number of carbonyl (C=O) groups is 2. The Morgan fingerprint density at radius 1 is 0.355 bits per heavy atom. The summed E-state index contributed by atoms with van der Waals surface area (Å²) in [6.07, 6.45) is -51.9. The summed E-state index contributed by atoms with van der Waals surface area (Å²) in [5.41, 5.74) is -29.6. The third-order valence-corrected chi connectivity index (χ3v) is 11.1. The Labute approximate surface area is 408 Å². The molecule has 0 fully saturated rings. The summed E-state index contributed by atoms with van der Waals surface area (Å²) in [7, 11) is 0. The second-order valence-electron chi connectivity index (χ2n) is 16.3. The number of hydrogen-bond donors (Lipinski definition) is 2. The third kappa shape index (κ3) is 13.5. The van der Waals surface area contributed by atoms with E-state index in [1.807, 2.05) is 30.3 Å². The zero-order chi connectivity index (χ0) is 57.7. The molecule has 0 radical (unpaired) electrons. The van der Waals surface area contributed by atoms with Crippen molar-refractivity contribution in [1.82, 2.24) is 0 Å². The average molecular weight is 1120 g/mol. The van der Waals surface area contributed by atoms with Gasteiger partial charge in [0.05, 0.1) is 50.1 Å². The van der Waals surface area contributed by atoms with Crippen LogP contribution >= 0.6 is 0 Å². The molecule has 0 amide bonds. The summed E-state index contributed by atoms with van der Waals surface area (Å²) < 4.78 is 342. The molecule has 0 aliphatic carbocycles. The summed E-state index contributed by atoms with van der Waals surface area (Å²) in [4.78, 5) is 22.0. The Morgan fingerprint density at radius 3 is 0.803 bits per heavy atom. The second-order valence-corrected chi connectivity index (χ2v) is 16.3. The molecule has 0 atom stereocenters. The number of rotatable bonds is 8. The normalized spacial score (nSPS) is 13.3. The van der Waals surface area contributed by atoms with Crippen LogP contribution in [0.2, 0.25) is 0 Å². The molecule has 30 heteroatoms. The summed E-state index contributed by atoms with van der Waals surface area (Å²) in [6.45, 7) is 0.487. The van der Waals surface area contributed by atoms with Crippen LogP contribution in [0.5, 0.6) is 0 Å². The highest BCUT2D eigenvalue weighted by Gasteiger charge is 2.47. The van der Waals surface area contributed by atoms with Crippen LogP contribution in [0.4, 0.5) is 105 Å². The standard InChI is InChI=1S/C32H12BF24.C14H11NO4/c34-25(35,36)13-1-14(26(37,38)39)6-21(5-13)33(22-7-15(27(40,41)42)2-16(8-22)28(43,44)45,23-9-17(29(46,47)48)3-18(10-23)30(49,50)51)24-11-19(31(52,53)54)4-20(12-24)32(55,56)57;16-13(17)11-6-7-15(9-12(11)14(18)19)8-10-4-2-1-3-5-10/h1-12H;1-7,9H,8H2,(H-,16,17,18,19)/q-1;/p+1. The van der Waals surface area contributed by atoms with E-state index in [1.54, 1.807) is 10.8 Å². The molecule has 0 aliphatic heterocycles. The number of aromatic carboxylic acids is 2. The van der Waals surface area contributed by atoms with Crippen LogP contribution in [0.25, 0.3) is 0 Å². The van der Waals surface area contributed by atoms with Crippen LogP contribution < -0.4 is 26.4 Å². The van der Waals surface area contributed by atoms with Gasteiger partial charge in [-0.2, -0.15) is 132 Å². The predicted octanol–water partition coefficient (Wildman–Crippen LogP) is 12.6. The minimum Gasteiger partial charge on any atom is -0.478 e. The van der Waals surface area contributed by atoms with E-state index in [2.05, 4.69) is 0 Å². The van der Waals surface area contributed by atoms with Gasteiger partial charge in [-0.1, -0.05) is 78.9 Å². The molecule has 5 aromatic carbocycles. The fourth-order valence-electron chi connectivity index (χ4n) is 7.86. The van der Waals surface area contributed by atoms with Crippen molar-refractivity contribution in [3.05, 3.63) is 183 Å². The Kier molecular flexibility index (Phi) is 15.9. The van der Waals surface area contributed by atoms with E-state index >= 15 is 0 Å². The average Bonchev–Trinajstić information content (AvgIpc) is 3.27. The van der Waals surface area contributed by atoms with Crippen molar-refractivity contribution < 1.29 is 130 Å². The van der Waals surface area contributed by atoms with Crippen molar-refractivity contribution in [2.45, 2.75) is 56.0 Å². The van der Waals surface area contributed by atoms with Gasteiger partial charge in [0, 0.05) is 11.6 Å². The highest BCUT2D eigenvalue weighted by atomic mass is 19.4. The molecule has 6 aromatic rings. The molecule has 0 bridgehead atoms. The van der Waals surface area contributed by atoms with Gasteiger partial charge in [0.2, 0.25) is 0 Å². The number of alkyl halides is 24. The zero-order valence-corrected chi connectivity index (χ0v) is 36.6. The quantitative estimate of drug-likeness (QED) is 0.0904. The summed E-state index contributed by atoms with van der Waals surface area (Å²) in [6, 6.07) is 1.99. The number of halogens is 24. The van der Waals surface area contributed by atoms with Crippen LogP contribution in [-0.4, -0.2) is 28.3 Å². The fourth-order valence-corrected chi connectivity index (χ4v) is 7.86. The topological polar surface area (TPSA) is 78.5 Å². The van der Waals surface area contributed by atoms with Gasteiger partial charge in [0.25, 0.3) is 0 Å². The van der Waals surface area contributed by atoms with Gasteiger partial charge in [-0.15, -0.1) is 0 Å². The molecule has 1 heterocycles. The molecule has 6 rings (SSSR count). The summed E-state index contributed by atoms with van der Waals surface area (Å²) in [5, 5.41) is 18.0. The molecular formula is C46H24BF24NO4. The monoisotopic (exact) mass is 1120 g/mol. The van der Waals surface area contributed by atoms with E-state index in [4.69, 9.17) is 10.2 Å². The van der Waals surface area contributed by atoms with Crippen LogP contribution in [0.1, 0.15) is 70.8 Å². The van der Waals surface area contributed by atoms with Gasteiger partial charge in [-0.05, 0) is 24.3 Å². The molecule has 408 valence electrons. The minimum atomic E-state index is -6.13. The van der Waals surface area contributed by atoms with Crippen molar-refractivity contribution in [2.75, 3.05) is 0 Å². The highest BCUT2D eigenvalue weighted by Crippen LogP contribution is 2.41. The lowest BCUT2D eigenvalue weighted by Crippen LogP contribution is -2.75. The molecule has 0 aliphatic rings.